The lowest BCUT2D eigenvalue weighted by Crippen LogP contribution is -2.46. The third-order valence-electron chi connectivity index (χ3n) is 3.52. The lowest BCUT2D eigenvalue weighted by atomic mass is 9.92. The minimum absolute atomic E-state index is 0.0261. The quantitative estimate of drug-likeness (QED) is 0.909. The molecule has 0 spiro atoms. The highest BCUT2D eigenvalue weighted by Crippen LogP contribution is 2.28. The lowest BCUT2D eigenvalue weighted by molar-refractivity contribution is 0.0533. The van der Waals surface area contributed by atoms with Crippen LogP contribution in [-0.4, -0.2) is 33.9 Å². The Labute approximate surface area is 125 Å². The first-order valence-corrected chi connectivity index (χ1v) is 7.48. The van der Waals surface area contributed by atoms with Crippen LogP contribution in [0.4, 0.5) is 10.6 Å². The maximum atomic E-state index is 12.5. The van der Waals surface area contributed by atoms with Crippen LogP contribution >= 0.6 is 0 Å². The van der Waals surface area contributed by atoms with Crippen LogP contribution < -0.4 is 4.90 Å². The van der Waals surface area contributed by atoms with E-state index in [-0.39, 0.29) is 18.2 Å². The van der Waals surface area contributed by atoms with E-state index < -0.39 is 5.60 Å². The number of carbonyl (C=O) groups excluding carboxylic acids is 1. The number of aliphatic hydroxyl groups excluding tert-OH is 1. The Morgan fingerprint density at radius 3 is 2.48 bits per heavy atom. The molecular weight excluding hydrogens is 268 g/mol. The van der Waals surface area contributed by atoms with Crippen molar-refractivity contribution < 1.29 is 14.6 Å². The summed E-state index contributed by atoms with van der Waals surface area (Å²) in [5.74, 6) is 0.605. The van der Waals surface area contributed by atoms with Gasteiger partial charge in [0.1, 0.15) is 11.4 Å². The van der Waals surface area contributed by atoms with Crippen LogP contribution in [0.25, 0.3) is 0 Å². The van der Waals surface area contributed by atoms with E-state index in [1.165, 1.54) is 0 Å². The zero-order chi connectivity index (χ0) is 15.5. The SMILES string of the molecule is CC(C)(C)OC(=O)N(c1ccccn1)[C@H]1CC[C@@H](O)CC1. The van der Waals surface area contributed by atoms with Crippen LogP contribution in [0.3, 0.4) is 0 Å². The molecule has 0 aliphatic heterocycles. The molecule has 0 saturated heterocycles. The molecule has 21 heavy (non-hydrogen) atoms. The van der Waals surface area contributed by atoms with Gasteiger partial charge in [0.25, 0.3) is 0 Å². The molecule has 0 atom stereocenters. The summed E-state index contributed by atoms with van der Waals surface area (Å²) in [5, 5.41) is 9.65. The van der Waals surface area contributed by atoms with Gasteiger partial charge in [-0.25, -0.2) is 9.78 Å². The Kier molecular flexibility index (Phi) is 4.83. The molecule has 0 unspecified atom stereocenters. The maximum Gasteiger partial charge on any atom is 0.416 e. The van der Waals surface area contributed by atoms with Crippen molar-refractivity contribution in [3.05, 3.63) is 24.4 Å². The standard InChI is InChI=1S/C16H24N2O3/c1-16(2,3)21-15(20)18(14-6-4-5-11-17-14)12-7-9-13(19)10-8-12/h4-6,11-13,19H,7-10H2,1-3H3/t12-,13+. The van der Waals surface area contributed by atoms with Crippen LogP contribution in [0, 0.1) is 0 Å². The molecule has 1 aliphatic rings. The van der Waals surface area contributed by atoms with E-state index in [0.717, 1.165) is 12.8 Å². The van der Waals surface area contributed by atoms with Gasteiger partial charge in [0.2, 0.25) is 0 Å². The molecule has 0 aromatic carbocycles. The van der Waals surface area contributed by atoms with Crippen molar-refractivity contribution in [2.24, 2.45) is 0 Å². The number of aromatic nitrogens is 1. The summed E-state index contributed by atoms with van der Waals surface area (Å²) in [4.78, 5) is 18.5. The summed E-state index contributed by atoms with van der Waals surface area (Å²) in [6.07, 6.45) is 3.97. The van der Waals surface area contributed by atoms with Gasteiger partial charge in [0, 0.05) is 12.2 Å². The topological polar surface area (TPSA) is 62.7 Å². The number of anilines is 1. The Morgan fingerprint density at radius 1 is 1.29 bits per heavy atom. The number of hydrogen-bond acceptors (Lipinski definition) is 4. The molecule has 0 radical (unpaired) electrons. The van der Waals surface area contributed by atoms with E-state index in [9.17, 15) is 9.90 Å². The number of carbonyl (C=O) groups is 1. The monoisotopic (exact) mass is 292 g/mol. The van der Waals surface area contributed by atoms with Crippen molar-refractivity contribution in [3.8, 4) is 0 Å². The number of amides is 1. The smallest absolute Gasteiger partial charge is 0.416 e. The number of aliphatic hydroxyl groups is 1. The predicted molar refractivity (Wildman–Crippen MR) is 81.2 cm³/mol. The minimum atomic E-state index is -0.543. The van der Waals surface area contributed by atoms with Gasteiger partial charge in [-0.1, -0.05) is 6.07 Å². The Bertz CT molecular complexity index is 462. The van der Waals surface area contributed by atoms with Crippen LogP contribution in [0.2, 0.25) is 0 Å². The minimum Gasteiger partial charge on any atom is -0.443 e. The van der Waals surface area contributed by atoms with Gasteiger partial charge in [-0.3, -0.25) is 4.90 Å². The molecule has 1 amide bonds. The zero-order valence-electron chi connectivity index (χ0n) is 13.0. The summed E-state index contributed by atoms with van der Waals surface area (Å²) in [5.41, 5.74) is -0.543. The highest BCUT2D eigenvalue weighted by atomic mass is 16.6. The second-order valence-electron chi connectivity index (χ2n) is 6.50. The van der Waals surface area contributed by atoms with Crippen molar-refractivity contribution >= 4 is 11.9 Å². The van der Waals surface area contributed by atoms with Gasteiger partial charge in [0.05, 0.1) is 6.10 Å². The summed E-state index contributed by atoms with van der Waals surface area (Å²) < 4.78 is 5.52. The Balaban J connectivity index is 2.20. The normalized spacial score (nSPS) is 22.7. The van der Waals surface area contributed by atoms with Gasteiger partial charge in [0.15, 0.2) is 0 Å². The van der Waals surface area contributed by atoms with Crippen LogP contribution in [0.5, 0.6) is 0 Å². The van der Waals surface area contributed by atoms with Crippen LogP contribution in [0.15, 0.2) is 24.4 Å². The van der Waals surface area contributed by atoms with Crippen molar-refractivity contribution in [2.45, 2.75) is 64.2 Å². The van der Waals surface area contributed by atoms with Gasteiger partial charge in [-0.05, 0) is 58.6 Å². The molecule has 1 aromatic rings. The number of hydrogen-bond donors (Lipinski definition) is 1. The summed E-state index contributed by atoms with van der Waals surface area (Å²) >= 11 is 0. The van der Waals surface area contributed by atoms with E-state index >= 15 is 0 Å². The van der Waals surface area contributed by atoms with E-state index in [0.29, 0.717) is 18.7 Å². The molecule has 5 nitrogen and oxygen atoms in total. The van der Waals surface area contributed by atoms with Crippen molar-refractivity contribution in [2.75, 3.05) is 4.90 Å². The molecule has 116 valence electrons. The van der Waals surface area contributed by atoms with Crippen LogP contribution in [-0.2, 0) is 4.74 Å². The Hall–Kier alpha value is -1.62. The maximum absolute atomic E-state index is 12.5. The van der Waals surface area contributed by atoms with Gasteiger partial charge in [-0.15, -0.1) is 0 Å². The number of ether oxygens (including phenoxy) is 1. The van der Waals surface area contributed by atoms with E-state index in [4.69, 9.17) is 4.74 Å². The predicted octanol–water partition coefficient (Wildman–Crippen LogP) is 3.13. The van der Waals surface area contributed by atoms with Gasteiger partial charge < -0.3 is 9.84 Å². The largest absolute Gasteiger partial charge is 0.443 e. The first-order valence-electron chi connectivity index (χ1n) is 7.48. The molecule has 1 N–H and O–H groups in total. The second-order valence-corrected chi connectivity index (χ2v) is 6.50. The Morgan fingerprint density at radius 2 is 1.95 bits per heavy atom. The molecule has 1 heterocycles. The summed E-state index contributed by atoms with van der Waals surface area (Å²) in [6.45, 7) is 5.56. The molecule has 1 aliphatic carbocycles. The first-order chi connectivity index (χ1) is 9.87. The molecular formula is C16H24N2O3. The fourth-order valence-corrected chi connectivity index (χ4v) is 2.55. The lowest BCUT2D eigenvalue weighted by Gasteiger charge is -2.35. The number of nitrogens with zero attached hydrogens (tertiary/aromatic N) is 2. The van der Waals surface area contributed by atoms with Crippen molar-refractivity contribution in [3.63, 3.8) is 0 Å². The molecule has 1 saturated carbocycles. The number of pyridine rings is 1. The molecule has 1 fully saturated rings. The average molecular weight is 292 g/mol. The van der Waals surface area contributed by atoms with E-state index in [1.54, 1.807) is 11.1 Å². The van der Waals surface area contributed by atoms with E-state index in [2.05, 4.69) is 4.98 Å². The van der Waals surface area contributed by atoms with Crippen molar-refractivity contribution in [1.29, 1.82) is 0 Å². The third-order valence-corrected chi connectivity index (χ3v) is 3.52. The molecule has 0 bridgehead atoms. The highest BCUT2D eigenvalue weighted by molar-refractivity contribution is 5.87. The zero-order valence-corrected chi connectivity index (χ0v) is 13.0. The summed E-state index contributed by atoms with van der Waals surface area (Å²) in [6, 6.07) is 5.52. The fourth-order valence-electron chi connectivity index (χ4n) is 2.55. The highest BCUT2D eigenvalue weighted by Gasteiger charge is 2.33. The third kappa shape index (κ3) is 4.43. The molecule has 5 heteroatoms. The number of rotatable bonds is 2. The van der Waals surface area contributed by atoms with Crippen LogP contribution in [0.1, 0.15) is 46.5 Å². The first kappa shape index (κ1) is 15.8. The average Bonchev–Trinajstić information content (AvgIpc) is 2.40. The fraction of sp³-hybridized carbons (Fsp3) is 0.625. The van der Waals surface area contributed by atoms with Gasteiger partial charge in [-0.2, -0.15) is 0 Å². The van der Waals surface area contributed by atoms with Crippen molar-refractivity contribution in [1.82, 2.24) is 4.98 Å². The van der Waals surface area contributed by atoms with Gasteiger partial charge >= 0.3 is 6.09 Å². The second kappa shape index (κ2) is 6.43. The molecule has 1 aromatic heterocycles. The van der Waals surface area contributed by atoms with E-state index in [1.807, 2.05) is 39.0 Å². The summed E-state index contributed by atoms with van der Waals surface area (Å²) in [7, 11) is 0. The molecule has 2 rings (SSSR count).